The van der Waals surface area contributed by atoms with Crippen LogP contribution < -0.4 is 4.90 Å². The summed E-state index contributed by atoms with van der Waals surface area (Å²) in [7, 11) is 0. The number of nitrogens with zero attached hydrogens (tertiary/aromatic N) is 3. The van der Waals surface area contributed by atoms with Crippen LogP contribution in [0.1, 0.15) is 11.1 Å². The normalized spacial score (nSPS) is 15.6. The highest BCUT2D eigenvalue weighted by Crippen LogP contribution is 2.29. The molecule has 0 atom stereocenters. The van der Waals surface area contributed by atoms with E-state index >= 15 is 0 Å². The molecule has 26 heavy (non-hydrogen) atoms. The summed E-state index contributed by atoms with van der Waals surface area (Å²) in [6, 6.07) is 17.8. The monoisotopic (exact) mass is 377 g/mol. The maximum atomic E-state index is 13.0. The number of carbonyl (C=O) groups excluding carboxylic acids is 1. The molecule has 0 saturated heterocycles. The average Bonchev–Trinajstić information content (AvgIpc) is 3.32. The molecule has 2 heterocycles. The van der Waals surface area contributed by atoms with E-state index in [1.54, 1.807) is 22.9 Å². The van der Waals surface area contributed by atoms with Crippen molar-refractivity contribution in [2.24, 2.45) is 4.99 Å². The Morgan fingerprint density at radius 1 is 1.08 bits per heavy atom. The first kappa shape index (κ1) is 16.8. The molecule has 0 radical (unpaired) electrons. The lowest BCUT2D eigenvalue weighted by Gasteiger charge is -2.14. The molecule has 1 amide bonds. The van der Waals surface area contributed by atoms with Crippen LogP contribution in [0.2, 0.25) is 0 Å². The molecule has 1 aliphatic heterocycles. The molecule has 6 heteroatoms. The number of benzene rings is 2. The van der Waals surface area contributed by atoms with Crippen molar-refractivity contribution in [2.45, 2.75) is 4.90 Å². The van der Waals surface area contributed by atoms with Gasteiger partial charge >= 0.3 is 0 Å². The molecule has 0 aliphatic carbocycles. The Balaban J connectivity index is 1.77. The van der Waals surface area contributed by atoms with Gasteiger partial charge in [-0.25, -0.2) is 14.9 Å². The number of aliphatic imine (C=N–C) groups is 1. The van der Waals surface area contributed by atoms with Gasteiger partial charge in [0.25, 0.3) is 5.91 Å². The quantitative estimate of drug-likeness (QED) is 0.489. The molecule has 0 unspecified atom stereocenters. The van der Waals surface area contributed by atoms with Crippen LogP contribution >= 0.6 is 23.1 Å². The fourth-order valence-electron chi connectivity index (χ4n) is 2.66. The van der Waals surface area contributed by atoms with Gasteiger partial charge in [-0.1, -0.05) is 42.5 Å². The number of amides is 1. The zero-order valence-electron chi connectivity index (χ0n) is 14.0. The Labute approximate surface area is 159 Å². The lowest BCUT2D eigenvalue weighted by molar-refractivity contribution is -0.113. The Hall–Kier alpha value is -2.70. The van der Waals surface area contributed by atoms with Gasteiger partial charge in [-0.3, -0.25) is 4.79 Å². The van der Waals surface area contributed by atoms with Gasteiger partial charge in [0.2, 0.25) is 0 Å². The highest BCUT2D eigenvalue weighted by molar-refractivity contribution is 7.98. The third kappa shape index (κ3) is 3.21. The Kier molecular flexibility index (Phi) is 4.69. The molecule has 4 rings (SSSR count). The maximum absolute atomic E-state index is 13.0. The molecule has 0 saturated carbocycles. The van der Waals surface area contributed by atoms with Crippen molar-refractivity contribution in [2.75, 3.05) is 11.2 Å². The number of carbonyl (C=O) groups is 1. The highest BCUT2D eigenvalue weighted by atomic mass is 32.2. The number of thioether (sulfide) groups is 1. The topological polar surface area (TPSA) is 45.6 Å². The number of thiazole rings is 1. The number of anilines is 1. The number of aromatic nitrogens is 1. The van der Waals surface area contributed by atoms with Crippen LogP contribution in [-0.4, -0.2) is 23.0 Å². The zero-order valence-corrected chi connectivity index (χ0v) is 15.6. The largest absolute Gasteiger partial charge is 0.284 e. The van der Waals surface area contributed by atoms with Crippen LogP contribution in [0.15, 0.2) is 81.8 Å². The van der Waals surface area contributed by atoms with Gasteiger partial charge in [-0.15, -0.1) is 23.1 Å². The van der Waals surface area contributed by atoms with Gasteiger partial charge < -0.3 is 0 Å². The van der Waals surface area contributed by atoms with Crippen molar-refractivity contribution in [1.82, 2.24) is 4.98 Å². The number of amidine groups is 1. The van der Waals surface area contributed by atoms with Gasteiger partial charge in [0.1, 0.15) is 11.5 Å². The summed E-state index contributed by atoms with van der Waals surface area (Å²) in [4.78, 5) is 24.7. The summed E-state index contributed by atoms with van der Waals surface area (Å²) < 4.78 is 0. The van der Waals surface area contributed by atoms with Gasteiger partial charge in [0, 0.05) is 22.0 Å². The third-order valence-electron chi connectivity index (χ3n) is 3.92. The maximum Gasteiger partial charge on any atom is 0.284 e. The second-order valence-electron chi connectivity index (χ2n) is 5.56. The summed E-state index contributed by atoms with van der Waals surface area (Å²) in [6.45, 7) is 0. The van der Waals surface area contributed by atoms with Crippen LogP contribution in [0.3, 0.4) is 0 Å². The molecule has 1 aliphatic rings. The predicted molar refractivity (Wildman–Crippen MR) is 109 cm³/mol. The molecule has 0 N–H and O–H groups in total. The van der Waals surface area contributed by atoms with Gasteiger partial charge in [-0.05, 0) is 30.0 Å². The van der Waals surface area contributed by atoms with Crippen LogP contribution in [0, 0.1) is 0 Å². The van der Waals surface area contributed by atoms with Crippen LogP contribution in [-0.2, 0) is 4.79 Å². The number of rotatable bonds is 4. The summed E-state index contributed by atoms with van der Waals surface area (Å²) in [5.74, 6) is 0.449. The van der Waals surface area contributed by atoms with E-state index in [0.717, 1.165) is 11.1 Å². The molecule has 128 valence electrons. The fraction of sp³-hybridized carbons (Fsp3) is 0.0500. The molecule has 2 aromatic carbocycles. The first-order valence-corrected chi connectivity index (χ1v) is 10.1. The van der Waals surface area contributed by atoms with Crippen molar-refractivity contribution in [3.05, 3.63) is 83.0 Å². The van der Waals surface area contributed by atoms with Crippen molar-refractivity contribution in [3.8, 4) is 0 Å². The SMILES string of the molecule is CSc1ccc(C=C2N=C(c3ccccc3)N(c3nccs3)C2=O)cc1. The molecular formula is C20H15N3OS2. The zero-order chi connectivity index (χ0) is 17.9. The van der Waals surface area contributed by atoms with E-state index in [1.165, 1.54) is 16.2 Å². The summed E-state index contributed by atoms with van der Waals surface area (Å²) >= 11 is 3.11. The fourth-order valence-corrected chi connectivity index (χ4v) is 3.71. The number of hydrogen-bond acceptors (Lipinski definition) is 5. The van der Waals surface area contributed by atoms with Gasteiger partial charge in [-0.2, -0.15) is 0 Å². The second kappa shape index (κ2) is 7.27. The Morgan fingerprint density at radius 3 is 2.50 bits per heavy atom. The van der Waals surface area contributed by atoms with Crippen LogP contribution in [0.25, 0.3) is 6.08 Å². The smallest absolute Gasteiger partial charge is 0.266 e. The molecule has 4 nitrogen and oxygen atoms in total. The number of hydrogen-bond donors (Lipinski definition) is 0. The van der Waals surface area contributed by atoms with Crippen molar-refractivity contribution >= 4 is 46.0 Å². The molecule has 3 aromatic rings. The minimum Gasteiger partial charge on any atom is -0.266 e. The van der Waals surface area contributed by atoms with Crippen molar-refractivity contribution in [3.63, 3.8) is 0 Å². The molecule has 0 spiro atoms. The lowest BCUT2D eigenvalue weighted by atomic mass is 10.2. The standard InChI is InChI=1S/C20H15N3OS2/c1-25-16-9-7-14(8-10-16)13-17-19(24)23(20-21-11-12-26-20)18(22-17)15-5-3-2-4-6-15/h2-13H,1H3. The van der Waals surface area contributed by atoms with E-state index in [1.807, 2.05) is 72.3 Å². The van der Waals surface area contributed by atoms with E-state index < -0.39 is 0 Å². The minimum atomic E-state index is -0.159. The first-order chi connectivity index (χ1) is 12.8. The van der Waals surface area contributed by atoms with E-state index in [-0.39, 0.29) is 5.91 Å². The Bertz CT molecular complexity index is 978. The van der Waals surface area contributed by atoms with Crippen molar-refractivity contribution in [1.29, 1.82) is 0 Å². The first-order valence-electron chi connectivity index (χ1n) is 8.00. The van der Waals surface area contributed by atoms with E-state index in [9.17, 15) is 4.79 Å². The van der Waals surface area contributed by atoms with E-state index in [0.29, 0.717) is 16.7 Å². The summed E-state index contributed by atoms with van der Waals surface area (Å²) in [6.07, 6.45) is 5.55. The molecule has 0 bridgehead atoms. The van der Waals surface area contributed by atoms with Gasteiger partial charge in [0.05, 0.1) is 0 Å². The van der Waals surface area contributed by atoms with Crippen LogP contribution in [0.4, 0.5) is 5.13 Å². The Morgan fingerprint density at radius 2 is 1.85 bits per heavy atom. The van der Waals surface area contributed by atoms with Crippen molar-refractivity contribution < 1.29 is 4.79 Å². The van der Waals surface area contributed by atoms with E-state index in [4.69, 9.17) is 0 Å². The predicted octanol–water partition coefficient (Wildman–Crippen LogP) is 4.70. The van der Waals surface area contributed by atoms with Crippen LogP contribution in [0.5, 0.6) is 0 Å². The van der Waals surface area contributed by atoms with Gasteiger partial charge in [0.15, 0.2) is 5.13 Å². The third-order valence-corrected chi connectivity index (χ3v) is 5.42. The summed E-state index contributed by atoms with van der Waals surface area (Å²) in [5.41, 5.74) is 2.25. The molecule has 0 fully saturated rings. The minimum absolute atomic E-state index is 0.159. The average molecular weight is 377 g/mol. The molecule has 1 aromatic heterocycles. The highest BCUT2D eigenvalue weighted by Gasteiger charge is 2.33. The summed E-state index contributed by atoms with van der Waals surface area (Å²) in [5, 5.41) is 2.48. The lowest BCUT2D eigenvalue weighted by Crippen LogP contribution is -2.32. The second-order valence-corrected chi connectivity index (χ2v) is 7.31. The molecular weight excluding hydrogens is 362 g/mol. The van der Waals surface area contributed by atoms with E-state index in [2.05, 4.69) is 9.98 Å².